The smallest absolute Gasteiger partial charge is 0.273 e. The van der Waals surface area contributed by atoms with Crippen LogP contribution in [-0.4, -0.2) is 22.4 Å². The van der Waals surface area contributed by atoms with Crippen LogP contribution in [-0.2, 0) is 0 Å². The Morgan fingerprint density at radius 3 is 2.93 bits per heavy atom. The molecule has 0 bridgehead atoms. The summed E-state index contributed by atoms with van der Waals surface area (Å²) in [5.41, 5.74) is 0.335. The van der Waals surface area contributed by atoms with E-state index in [2.05, 4.69) is 26.4 Å². The molecule has 0 fully saturated rings. The van der Waals surface area contributed by atoms with Crippen LogP contribution in [0.25, 0.3) is 0 Å². The van der Waals surface area contributed by atoms with Gasteiger partial charge in [0.2, 0.25) is 0 Å². The number of carbonyl (C=O) groups excluding carboxylic acids is 1. The van der Waals surface area contributed by atoms with Gasteiger partial charge in [0.1, 0.15) is 5.76 Å². The van der Waals surface area contributed by atoms with Gasteiger partial charge in [-0.1, -0.05) is 28.0 Å². The number of rotatable bonds is 4. The van der Waals surface area contributed by atoms with Crippen molar-refractivity contribution in [1.82, 2.24) is 10.5 Å². The second kappa shape index (κ2) is 5.14. The zero-order valence-corrected chi connectivity index (χ0v) is 9.80. The van der Waals surface area contributed by atoms with Crippen LogP contribution in [0.5, 0.6) is 0 Å². The van der Waals surface area contributed by atoms with E-state index in [1.165, 1.54) is 0 Å². The molecule has 1 amide bonds. The first kappa shape index (κ1) is 11.2. The SMILES string of the molecule is CCC(CBr)NC(=O)c1cc(C)on1. The Labute approximate surface area is 91.2 Å². The van der Waals surface area contributed by atoms with Crippen LogP contribution >= 0.6 is 15.9 Å². The van der Waals surface area contributed by atoms with Gasteiger partial charge in [0.15, 0.2) is 5.69 Å². The van der Waals surface area contributed by atoms with Crippen LogP contribution in [0, 0.1) is 6.92 Å². The van der Waals surface area contributed by atoms with E-state index in [1.807, 2.05) is 6.92 Å². The van der Waals surface area contributed by atoms with Crippen molar-refractivity contribution in [2.45, 2.75) is 26.3 Å². The minimum Gasteiger partial charge on any atom is -0.361 e. The maximum Gasteiger partial charge on any atom is 0.273 e. The summed E-state index contributed by atoms with van der Waals surface area (Å²) >= 11 is 3.32. The Morgan fingerprint density at radius 2 is 2.50 bits per heavy atom. The molecular weight excluding hydrogens is 248 g/mol. The number of aryl methyl sites for hydroxylation is 1. The number of amides is 1. The predicted octanol–water partition coefficient (Wildman–Crippen LogP) is 1.89. The monoisotopic (exact) mass is 260 g/mol. The second-order valence-corrected chi connectivity index (χ2v) is 3.70. The number of nitrogens with zero attached hydrogens (tertiary/aromatic N) is 1. The minimum atomic E-state index is -0.187. The van der Waals surface area contributed by atoms with E-state index >= 15 is 0 Å². The number of alkyl halides is 1. The molecule has 1 heterocycles. The van der Waals surface area contributed by atoms with Crippen molar-refractivity contribution in [3.63, 3.8) is 0 Å². The molecule has 1 N–H and O–H groups in total. The fourth-order valence-electron chi connectivity index (χ4n) is 0.982. The molecule has 1 atom stereocenters. The van der Waals surface area contributed by atoms with Gasteiger partial charge >= 0.3 is 0 Å². The van der Waals surface area contributed by atoms with Crippen molar-refractivity contribution in [2.24, 2.45) is 0 Å². The molecule has 4 nitrogen and oxygen atoms in total. The van der Waals surface area contributed by atoms with Gasteiger partial charge in [0.05, 0.1) is 0 Å². The number of nitrogens with one attached hydrogen (secondary N) is 1. The van der Waals surface area contributed by atoms with Gasteiger partial charge in [-0.15, -0.1) is 0 Å². The van der Waals surface area contributed by atoms with Gasteiger partial charge in [0.25, 0.3) is 5.91 Å². The summed E-state index contributed by atoms with van der Waals surface area (Å²) < 4.78 is 4.81. The predicted molar refractivity (Wildman–Crippen MR) is 56.6 cm³/mol. The lowest BCUT2D eigenvalue weighted by molar-refractivity contribution is 0.0931. The highest BCUT2D eigenvalue weighted by Crippen LogP contribution is 2.03. The molecular formula is C9H13BrN2O2. The first-order valence-corrected chi connectivity index (χ1v) is 5.59. The Kier molecular flexibility index (Phi) is 4.13. The standard InChI is InChI=1S/C9H13BrN2O2/c1-3-7(5-10)11-9(13)8-4-6(2)14-12-8/h4,7H,3,5H2,1-2H3,(H,11,13). The number of halogens is 1. The summed E-state index contributed by atoms with van der Waals surface area (Å²) in [5.74, 6) is 0.454. The van der Waals surface area contributed by atoms with Crippen molar-refractivity contribution >= 4 is 21.8 Å². The third-order valence-electron chi connectivity index (χ3n) is 1.87. The molecule has 0 aliphatic carbocycles. The third-order valence-corrected chi connectivity index (χ3v) is 2.66. The molecule has 0 spiro atoms. The van der Waals surface area contributed by atoms with Gasteiger partial charge in [0, 0.05) is 17.4 Å². The number of aromatic nitrogens is 1. The lowest BCUT2D eigenvalue weighted by Crippen LogP contribution is -2.35. The highest BCUT2D eigenvalue weighted by molar-refractivity contribution is 9.09. The molecule has 0 aliphatic heterocycles. The van der Waals surface area contributed by atoms with Crippen LogP contribution in [0.4, 0.5) is 0 Å². The number of hydrogen-bond donors (Lipinski definition) is 1. The second-order valence-electron chi connectivity index (χ2n) is 3.06. The number of hydrogen-bond acceptors (Lipinski definition) is 3. The minimum absolute atomic E-state index is 0.138. The fourth-order valence-corrected chi connectivity index (χ4v) is 1.60. The first-order valence-electron chi connectivity index (χ1n) is 4.47. The Balaban J connectivity index is 2.58. The molecule has 1 rings (SSSR count). The van der Waals surface area contributed by atoms with Gasteiger partial charge in [-0.05, 0) is 13.3 Å². The molecule has 1 aromatic rings. The average Bonchev–Trinajstić information content (AvgIpc) is 2.61. The molecule has 0 saturated carbocycles. The van der Waals surface area contributed by atoms with Gasteiger partial charge < -0.3 is 9.84 Å². The summed E-state index contributed by atoms with van der Waals surface area (Å²) in [4.78, 5) is 11.5. The number of carbonyl (C=O) groups is 1. The van der Waals surface area contributed by atoms with Crippen LogP contribution in [0.2, 0.25) is 0 Å². The molecule has 0 aromatic carbocycles. The van der Waals surface area contributed by atoms with Gasteiger partial charge in [-0.25, -0.2) is 0 Å². The van der Waals surface area contributed by atoms with Gasteiger partial charge in [-0.3, -0.25) is 4.79 Å². The third kappa shape index (κ3) is 2.83. The summed E-state index contributed by atoms with van der Waals surface area (Å²) in [5, 5.41) is 7.21. The van der Waals surface area contributed by atoms with E-state index in [9.17, 15) is 4.79 Å². The largest absolute Gasteiger partial charge is 0.361 e. The average molecular weight is 261 g/mol. The van der Waals surface area contributed by atoms with Crippen molar-refractivity contribution < 1.29 is 9.32 Å². The van der Waals surface area contributed by atoms with E-state index in [0.717, 1.165) is 11.8 Å². The summed E-state index contributed by atoms with van der Waals surface area (Å²) in [6.45, 7) is 3.77. The Bertz CT molecular complexity index is 308. The van der Waals surface area contributed by atoms with Crippen molar-refractivity contribution in [2.75, 3.05) is 5.33 Å². The van der Waals surface area contributed by atoms with Crippen LogP contribution in [0.3, 0.4) is 0 Å². The van der Waals surface area contributed by atoms with E-state index in [1.54, 1.807) is 13.0 Å². The summed E-state index contributed by atoms with van der Waals surface area (Å²) in [7, 11) is 0. The Morgan fingerprint density at radius 1 is 1.79 bits per heavy atom. The van der Waals surface area contributed by atoms with Crippen LogP contribution in [0.15, 0.2) is 10.6 Å². The quantitative estimate of drug-likeness (QED) is 0.842. The summed E-state index contributed by atoms with van der Waals surface area (Å²) in [6.07, 6.45) is 0.883. The molecule has 14 heavy (non-hydrogen) atoms. The van der Waals surface area contributed by atoms with E-state index < -0.39 is 0 Å². The molecule has 78 valence electrons. The Hall–Kier alpha value is -0.840. The highest BCUT2D eigenvalue weighted by Gasteiger charge is 2.14. The highest BCUT2D eigenvalue weighted by atomic mass is 79.9. The zero-order chi connectivity index (χ0) is 10.6. The maximum absolute atomic E-state index is 11.5. The molecule has 1 unspecified atom stereocenters. The molecule has 0 aliphatic rings. The van der Waals surface area contributed by atoms with Crippen molar-refractivity contribution in [3.8, 4) is 0 Å². The normalized spacial score (nSPS) is 12.5. The first-order chi connectivity index (χ1) is 6.67. The van der Waals surface area contributed by atoms with Crippen LogP contribution in [0.1, 0.15) is 29.6 Å². The lowest BCUT2D eigenvalue weighted by atomic mass is 10.2. The van der Waals surface area contributed by atoms with E-state index in [4.69, 9.17) is 4.52 Å². The maximum atomic E-state index is 11.5. The lowest BCUT2D eigenvalue weighted by Gasteiger charge is -2.11. The van der Waals surface area contributed by atoms with Crippen LogP contribution < -0.4 is 5.32 Å². The summed E-state index contributed by atoms with van der Waals surface area (Å²) in [6, 6.07) is 1.76. The van der Waals surface area contributed by atoms with E-state index in [-0.39, 0.29) is 11.9 Å². The van der Waals surface area contributed by atoms with Crippen molar-refractivity contribution in [3.05, 3.63) is 17.5 Å². The van der Waals surface area contributed by atoms with Gasteiger partial charge in [-0.2, -0.15) is 0 Å². The molecule has 0 radical (unpaired) electrons. The molecule has 5 heteroatoms. The molecule has 0 saturated heterocycles. The zero-order valence-electron chi connectivity index (χ0n) is 8.21. The molecule has 1 aromatic heterocycles. The topological polar surface area (TPSA) is 55.1 Å². The van der Waals surface area contributed by atoms with Crippen molar-refractivity contribution in [1.29, 1.82) is 0 Å². The van der Waals surface area contributed by atoms with E-state index in [0.29, 0.717) is 11.5 Å². The fraction of sp³-hybridized carbons (Fsp3) is 0.556.